The Balaban J connectivity index is 2.34. The third-order valence-corrected chi connectivity index (χ3v) is 3.08. The molecule has 0 atom stereocenters. The van der Waals surface area contributed by atoms with E-state index in [9.17, 15) is 9.18 Å². The molecule has 2 aromatic carbocycles. The average molecular weight is 305 g/mol. The molecule has 0 spiro atoms. The van der Waals surface area contributed by atoms with Crippen LogP contribution in [-0.2, 0) is 0 Å². The number of nitrogens with zero attached hydrogens (tertiary/aromatic N) is 1. The van der Waals surface area contributed by atoms with E-state index in [2.05, 4.69) is 5.32 Å². The van der Waals surface area contributed by atoms with E-state index in [-0.39, 0.29) is 10.6 Å². The molecule has 0 bridgehead atoms. The number of methoxy groups -OCH3 is 1. The van der Waals surface area contributed by atoms with Crippen molar-refractivity contribution in [3.63, 3.8) is 0 Å². The lowest BCUT2D eigenvalue weighted by atomic mass is 10.1. The van der Waals surface area contributed by atoms with E-state index >= 15 is 0 Å². The maximum absolute atomic E-state index is 13.7. The molecule has 2 rings (SSSR count). The highest BCUT2D eigenvalue weighted by Crippen LogP contribution is 2.27. The quantitative estimate of drug-likeness (QED) is 0.942. The van der Waals surface area contributed by atoms with E-state index in [0.717, 1.165) is 6.07 Å². The molecule has 106 valence electrons. The Morgan fingerprint density at radius 1 is 1.38 bits per heavy atom. The highest BCUT2D eigenvalue weighted by Gasteiger charge is 2.17. The Labute approximate surface area is 125 Å². The summed E-state index contributed by atoms with van der Waals surface area (Å²) < 4.78 is 18.8. The van der Waals surface area contributed by atoms with E-state index in [0.29, 0.717) is 17.0 Å². The predicted octanol–water partition coefficient (Wildman–Crippen LogP) is 3.61. The molecule has 0 unspecified atom stereocenters. The molecule has 2 aromatic rings. The molecule has 0 aliphatic rings. The van der Waals surface area contributed by atoms with Gasteiger partial charge in [0, 0.05) is 6.07 Å². The summed E-state index contributed by atoms with van der Waals surface area (Å²) in [7, 11) is 1.40. The number of halogens is 2. The molecule has 0 heterocycles. The van der Waals surface area contributed by atoms with Gasteiger partial charge in [-0.2, -0.15) is 5.26 Å². The molecule has 0 aromatic heterocycles. The van der Waals surface area contributed by atoms with Crippen molar-refractivity contribution in [2.75, 3.05) is 12.4 Å². The second-order valence-electron chi connectivity index (χ2n) is 4.08. The predicted molar refractivity (Wildman–Crippen MR) is 77.1 cm³/mol. The smallest absolute Gasteiger partial charge is 0.260 e. The number of benzene rings is 2. The van der Waals surface area contributed by atoms with Gasteiger partial charge in [-0.1, -0.05) is 17.7 Å². The van der Waals surface area contributed by atoms with Crippen LogP contribution in [0.5, 0.6) is 5.75 Å². The topological polar surface area (TPSA) is 62.1 Å². The first kappa shape index (κ1) is 14.8. The molecule has 1 amide bonds. The zero-order valence-electron chi connectivity index (χ0n) is 11.0. The highest BCUT2D eigenvalue weighted by molar-refractivity contribution is 6.34. The zero-order chi connectivity index (χ0) is 15.4. The standard InChI is InChI=1S/C15H10ClFN2O2/c1-21-13-7-9(8-18)5-6-12(13)19-15(20)14-10(16)3-2-4-11(14)17/h2-7H,1H3,(H,19,20). The van der Waals surface area contributed by atoms with Crippen LogP contribution < -0.4 is 10.1 Å². The van der Waals surface area contributed by atoms with Gasteiger partial charge in [0.15, 0.2) is 0 Å². The minimum absolute atomic E-state index is 0.0140. The largest absolute Gasteiger partial charge is 0.495 e. The maximum Gasteiger partial charge on any atom is 0.260 e. The van der Waals surface area contributed by atoms with Gasteiger partial charge in [-0.25, -0.2) is 4.39 Å². The fraction of sp³-hybridized carbons (Fsp3) is 0.0667. The van der Waals surface area contributed by atoms with Crippen molar-refractivity contribution in [1.82, 2.24) is 0 Å². The number of carbonyl (C=O) groups is 1. The third-order valence-electron chi connectivity index (χ3n) is 2.77. The summed E-state index contributed by atoms with van der Waals surface area (Å²) in [4.78, 5) is 12.1. The monoisotopic (exact) mass is 304 g/mol. The number of amides is 1. The maximum atomic E-state index is 13.7. The molecular formula is C15H10ClFN2O2. The molecule has 0 radical (unpaired) electrons. The minimum atomic E-state index is -0.715. The lowest BCUT2D eigenvalue weighted by molar-refractivity contribution is 0.102. The van der Waals surface area contributed by atoms with E-state index in [1.54, 1.807) is 0 Å². The number of rotatable bonds is 3. The molecule has 0 fully saturated rings. The van der Waals surface area contributed by atoms with Crippen LogP contribution in [0.3, 0.4) is 0 Å². The molecule has 6 heteroatoms. The number of nitrogens with one attached hydrogen (secondary N) is 1. The van der Waals surface area contributed by atoms with Gasteiger partial charge >= 0.3 is 0 Å². The number of hydrogen-bond donors (Lipinski definition) is 1. The molecule has 0 saturated heterocycles. The SMILES string of the molecule is COc1cc(C#N)ccc1NC(=O)c1c(F)cccc1Cl. The molecule has 21 heavy (non-hydrogen) atoms. The second-order valence-corrected chi connectivity index (χ2v) is 4.48. The first-order chi connectivity index (χ1) is 10.1. The normalized spacial score (nSPS) is 9.81. The van der Waals surface area contributed by atoms with E-state index < -0.39 is 11.7 Å². The fourth-order valence-corrected chi connectivity index (χ4v) is 2.01. The summed E-state index contributed by atoms with van der Waals surface area (Å²) in [5.74, 6) is -1.11. The van der Waals surface area contributed by atoms with Gasteiger partial charge in [0.1, 0.15) is 11.6 Å². The van der Waals surface area contributed by atoms with Gasteiger partial charge in [0.05, 0.1) is 35.0 Å². The van der Waals surface area contributed by atoms with Gasteiger partial charge in [0.25, 0.3) is 5.91 Å². The Kier molecular flexibility index (Phi) is 4.41. The first-order valence-electron chi connectivity index (χ1n) is 5.90. The van der Waals surface area contributed by atoms with Gasteiger partial charge in [0.2, 0.25) is 0 Å². The lowest BCUT2D eigenvalue weighted by Gasteiger charge is -2.11. The zero-order valence-corrected chi connectivity index (χ0v) is 11.7. The Morgan fingerprint density at radius 3 is 2.76 bits per heavy atom. The number of hydrogen-bond acceptors (Lipinski definition) is 3. The number of carbonyl (C=O) groups excluding carboxylic acids is 1. The average Bonchev–Trinajstić information content (AvgIpc) is 2.47. The van der Waals surface area contributed by atoms with Gasteiger partial charge in [-0.15, -0.1) is 0 Å². The van der Waals surface area contributed by atoms with Crippen molar-refractivity contribution >= 4 is 23.2 Å². The Hall–Kier alpha value is -2.58. The molecule has 0 saturated carbocycles. The van der Waals surface area contributed by atoms with Crippen LogP contribution in [0.2, 0.25) is 5.02 Å². The van der Waals surface area contributed by atoms with E-state index in [1.165, 1.54) is 37.4 Å². The number of ether oxygens (including phenoxy) is 1. The number of nitriles is 1. The van der Waals surface area contributed by atoms with Crippen molar-refractivity contribution < 1.29 is 13.9 Å². The van der Waals surface area contributed by atoms with E-state index in [4.69, 9.17) is 21.6 Å². The van der Waals surface area contributed by atoms with E-state index in [1.807, 2.05) is 6.07 Å². The lowest BCUT2D eigenvalue weighted by Crippen LogP contribution is -2.15. The van der Waals surface area contributed by atoms with Crippen LogP contribution in [0.25, 0.3) is 0 Å². The Bertz CT molecular complexity index is 721. The molecule has 1 N–H and O–H groups in total. The summed E-state index contributed by atoms with van der Waals surface area (Å²) in [5, 5.41) is 11.3. The summed E-state index contributed by atoms with van der Waals surface area (Å²) in [6.45, 7) is 0. The fourth-order valence-electron chi connectivity index (χ4n) is 1.76. The van der Waals surface area contributed by atoms with Gasteiger partial charge in [-0.05, 0) is 24.3 Å². The second kappa shape index (κ2) is 6.25. The number of anilines is 1. The molecule has 0 aliphatic carbocycles. The molecule has 4 nitrogen and oxygen atoms in total. The van der Waals surface area contributed by atoms with Crippen LogP contribution in [0.4, 0.5) is 10.1 Å². The summed E-state index contributed by atoms with van der Waals surface area (Å²) in [5.41, 5.74) is 0.458. The summed E-state index contributed by atoms with van der Waals surface area (Å²) >= 11 is 5.84. The summed E-state index contributed by atoms with van der Waals surface area (Å²) in [6, 6.07) is 10.4. The third kappa shape index (κ3) is 3.12. The van der Waals surface area contributed by atoms with Gasteiger partial charge < -0.3 is 10.1 Å². The first-order valence-corrected chi connectivity index (χ1v) is 6.28. The van der Waals surface area contributed by atoms with Crippen LogP contribution in [0.15, 0.2) is 36.4 Å². The molecule has 0 aliphatic heterocycles. The van der Waals surface area contributed by atoms with Crippen LogP contribution in [0, 0.1) is 17.1 Å². The van der Waals surface area contributed by atoms with Gasteiger partial charge in [-0.3, -0.25) is 4.79 Å². The van der Waals surface area contributed by atoms with Crippen molar-refractivity contribution in [2.24, 2.45) is 0 Å². The highest BCUT2D eigenvalue weighted by atomic mass is 35.5. The van der Waals surface area contributed by atoms with Crippen molar-refractivity contribution in [2.45, 2.75) is 0 Å². The Morgan fingerprint density at radius 2 is 2.14 bits per heavy atom. The minimum Gasteiger partial charge on any atom is -0.495 e. The van der Waals surface area contributed by atoms with Crippen molar-refractivity contribution in [3.8, 4) is 11.8 Å². The van der Waals surface area contributed by atoms with Crippen LogP contribution in [0.1, 0.15) is 15.9 Å². The van der Waals surface area contributed by atoms with Crippen LogP contribution in [-0.4, -0.2) is 13.0 Å². The summed E-state index contributed by atoms with van der Waals surface area (Å²) in [6.07, 6.45) is 0. The van der Waals surface area contributed by atoms with Crippen molar-refractivity contribution in [1.29, 1.82) is 5.26 Å². The van der Waals surface area contributed by atoms with Crippen molar-refractivity contribution in [3.05, 3.63) is 58.4 Å². The molecular weight excluding hydrogens is 295 g/mol. The van der Waals surface area contributed by atoms with Crippen LogP contribution >= 0.6 is 11.6 Å².